The number of carbonyl (C=O) groups is 1. The fourth-order valence-electron chi connectivity index (χ4n) is 1.46. The highest BCUT2D eigenvalue weighted by molar-refractivity contribution is 7.14. The van der Waals surface area contributed by atoms with Gasteiger partial charge < -0.3 is 9.80 Å². The third-order valence-corrected chi connectivity index (χ3v) is 3.55. The van der Waals surface area contributed by atoms with Gasteiger partial charge in [-0.1, -0.05) is 11.6 Å². The molecular weight excluding hydrogens is 234 g/mol. The summed E-state index contributed by atoms with van der Waals surface area (Å²) in [5.41, 5.74) is 0.460. The Hall–Kier alpha value is -0.650. The lowest BCUT2D eigenvalue weighted by atomic mass is 10.1. The van der Waals surface area contributed by atoms with Crippen LogP contribution in [0.4, 0.5) is 0 Å². The van der Waals surface area contributed by atoms with Crippen molar-refractivity contribution in [2.45, 2.75) is 6.04 Å². The first-order valence-electron chi connectivity index (χ1n) is 4.64. The molecule has 1 aliphatic rings. The van der Waals surface area contributed by atoms with Crippen LogP contribution < -0.4 is 0 Å². The number of hydrogen-bond acceptors (Lipinski definition) is 4. The minimum Gasteiger partial charge on any atom is -0.334 e. The third kappa shape index (κ3) is 2.14. The molecule has 0 spiro atoms. The Balaban J connectivity index is 1.95. The van der Waals surface area contributed by atoms with Gasteiger partial charge in [0.25, 0.3) is 5.91 Å². The Labute approximate surface area is 97.5 Å². The SMILES string of the molecule is CN(C)C1CN(C(=O)c2csc(Cl)n2)C1. The van der Waals surface area contributed by atoms with Crippen molar-refractivity contribution < 1.29 is 4.79 Å². The molecule has 0 bridgehead atoms. The number of carbonyl (C=O) groups excluding carboxylic acids is 1. The number of amides is 1. The third-order valence-electron chi connectivity index (χ3n) is 2.58. The van der Waals surface area contributed by atoms with Gasteiger partial charge in [0.05, 0.1) is 0 Å². The van der Waals surface area contributed by atoms with Crippen LogP contribution >= 0.6 is 22.9 Å². The first kappa shape index (κ1) is 10.9. The number of thiazole rings is 1. The van der Waals surface area contributed by atoms with Gasteiger partial charge in [-0.15, -0.1) is 11.3 Å². The molecule has 0 N–H and O–H groups in total. The molecule has 1 aliphatic heterocycles. The molecule has 0 aromatic carbocycles. The van der Waals surface area contributed by atoms with Crippen LogP contribution in [0.15, 0.2) is 5.38 Å². The summed E-state index contributed by atoms with van der Waals surface area (Å²) in [4.78, 5) is 19.7. The maximum absolute atomic E-state index is 11.8. The number of likely N-dealkylation sites (tertiary alicyclic amines) is 1. The number of likely N-dealkylation sites (N-methyl/N-ethyl adjacent to an activating group) is 1. The molecular formula is C9H12ClN3OS. The molecule has 15 heavy (non-hydrogen) atoms. The maximum Gasteiger partial charge on any atom is 0.273 e. The van der Waals surface area contributed by atoms with Gasteiger partial charge in [-0.25, -0.2) is 4.98 Å². The van der Waals surface area contributed by atoms with Crippen LogP contribution in [0.5, 0.6) is 0 Å². The number of halogens is 1. The largest absolute Gasteiger partial charge is 0.334 e. The number of rotatable bonds is 2. The van der Waals surface area contributed by atoms with E-state index in [0.29, 0.717) is 16.2 Å². The van der Waals surface area contributed by atoms with Crippen molar-refractivity contribution in [1.82, 2.24) is 14.8 Å². The lowest BCUT2D eigenvalue weighted by Crippen LogP contribution is -2.59. The van der Waals surface area contributed by atoms with Gasteiger partial charge in [-0.3, -0.25) is 4.79 Å². The molecule has 0 atom stereocenters. The van der Waals surface area contributed by atoms with Crippen LogP contribution in [0.3, 0.4) is 0 Å². The van der Waals surface area contributed by atoms with Crippen molar-refractivity contribution >= 4 is 28.8 Å². The van der Waals surface area contributed by atoms with E-state index in [1.54, 1.807) is 10.3 Å². The first-order valence-corrected chi connectivity index (χ1v) is 5.90. The summed E-state index contributed by atoms with van der Waals surface area (Å²) in [5, 5.41) is 1.70. The molecule has 1 aromatic heterocycles. The Morgan fingerprint density at radius 3 is 2.80 bits per heavy atom. The first-order chi connectivity index (χ1) is 7.08. The summed E-state index contributed by atoms with van der Waals surface area (Å²) >= 11 is 6.97. The predicted molar refractivity (Wildman–Crippen MR) is 60.5 cm³/mol. The lowest BCUT2D eigenvalue weighted by molar-refractivity contribution is 0.0394. The van der Waals surface area contributed by atoms with Crippen LogP contribution in [0.2, 0.25) is 4.47 Å². The smallest absolute Gasteiger partial charge is 0.273 e. The molecule has 1 fully saturated rings. The number of nitrogens with zero attached hydrogens (tertiary/aromatic N) is 3. The molecule has 0 unspecified atom stereocenters. The van der Waals surface area contributed by atoms with E-state index in [1.165, 1.54) is 11.3 Å². The van der Waals surface area contributed by atoms with Gasteiger partial charge in [0.2, 0.25) is 0 Å². The second kappa shape index (κ2) is 4.08. The zero-order valence-corrected chi connectivity index (χ0v) is 10.2. The number of hydrogen-bond donors (Lipinski definition) is 0. The standard InChI is InChI=1S/C9H12ClN3OS/c1-12(2)6-3-13(4-6)8(14)7-5-15-9(10)11-7/h5-6H,3-4H2,1-2H3. The molecule has 1 saturated heterocycles. The summed E-state index contributed by atoms with van der Waals surface area (Å²) in [5.74, 6) is -0.0174. The average Bonchev–Trinajstić information content (AvgIpc) is 2.48. The molecule has 6 heteroatoms. The van der Waals surface area contributed by atoms with Gasteiger partial charge in [0, 0.05) is 24.5 Å². The summed E-state index contributed by atoms with van der Waals surface area (Å²) in [6.07, 6.45) is 0. The Bertz CT molecular complexity index is 373. The maximum atomic E-state index is 11.8. The molecule has 0 saturated carbocycles. The average molecular weight is 246 g/mol. The van der Waals surface area contributed by atoms with Crippen molar-refractivity contribution in [3.05, 3.63) is 15.5 Å². The van der Waals surface area contributed by atoms with Crippen molar-refractivity contribution in [2.24, 2.45) is 0 Å². The molecule has 0 radical (unpaired) electrons. The summed E-state index contributed by atoms with van der Waals surface area (Å²) in [6.45, 7) is 1.56. The van der Waals surface area contributed by atoms with Gasteiger partial charge >= 0.3 is 0 Å². The normalized spacial score (nSPS) is 16.9. The van der Waals surface area contributed by atoms with Crippen LogP contribution in [0, 0.1) is 0 Å². The zero-order chi connectivity index (χ0) is 11.0. The zero-order valence-electron chi connectivity index (χ0n) is 8.61. The van der Waals surface area contributed by atoms with Gasteiger partial charge in [-0.05, 0) is 14.1 Å². The van der Waals surface area contributed by atoms with Crippen LogP contribution in [-0.2, 0) is 0 Å². The van der Waals surface area contributed by atoms with E-state index in [1.807, 2.05) is 14.1 Å². The van der Waals surface area contributed by atoms with Crippen molar-refractivity contribution in [3.63, 3.8) is 0 Å². The van der Waals surface area contributed by atoms with Gasteiger partial charge in [0.15, 0.2) is 4.47 Å². The highest BCUT2D eigenvalue weighted by Crippen LogP contribution is 2.20. The predicted octanol–water partition coefficient (Wildman–Crippen LogP) is 1.18. The lowest BCUT2D eigenvalue weighted by Gasteiger charge is -2.42. The molecule has 82 valence electrons. The number of aromatic nitrogens is 1. The second-order valence-electron chi connectivity index (χ2n) is 3.81. The summed E-state index contributed by atoms with van der Waals surface area (Å²) in [6, 6.07) is 0.475. The van der Waals surface area contributed by atoms with E-state index in [9.17, 15) is 4.79 Å². The van der Waals surface area contributed by atoms with Crippen LogP contribution in [-0.4, -0.2) is 53.9 Å². The topological polar surface area (TPSA) is 36.4 Å². The van der Waals surface area contributed by atoms with Gasteiger partial charge in [0.1, 0.15) is 5.69 Å². The van der Waals surface area contributed by atoms with E-state index in [4.69, 9.17) is 11.6 Å². The monoisotopic (exact) mass is 245 g/mol. The minimum atomic E-state index is -0.0174. The van der Waals surface area contributed by atoms with Crippen molar-refractivity contribution in [3.8, 4) is 0 Å². The summed E-state index contributed by atoms with van der Waals surface area (Å²) < 4.78 is 0.419. The summed E-state index contributed by atoms with van der Waals surface area (Å²) in [7, 11) is 4.04. The molecule has 4 nitrogen and oxygen atoms in total. The van der Waals surface area contributed by atoms with E-state index in [-0.39, 0.29) is 5.91 Å². The molecule has 1 aromatic rings. The van der Waals surface area contributed by atoms with E-state index >= 15 is 0 Å². The van der Waals surface area contributed by atoms with Crippen molar-refractivity contribution in [1.29, 1.82) is 0 Å². The van der Waals surface area contributed by atoms with E-state index in [0.717, 1.165) is 13.1 Å². The van der Waals surface area contributed by atoms with Crippen molar-refractivity contribution in [2.75, 3.05) is 27.2 Å². The Morgan fingerprint density at radius 1 is 1.67 bits per heavy atom. The highest BCUT2D eigenvalue weighted by atomic mass is 35.5. The van der Waals surface area contributed by atoms with Crippen LogP contribution in [0.25, 0.3) is 0 Å². The molecule has 0 aliphatic carbocycles. The fraction of sp³-hybridized carbons (Fsp3) is 0.556. The minimum absolute atomic E-state index is 0.0174. The molecule has 2 heterocycles. The quantitative estimate of drug-likeness (QED) is 0.785. The Morgan fingerprint density at radius 2 is 2.33 bits per heavy atom. The second-order valence-corrected chi connectivity index (χ2v) is 5.25. The van der Waals surface area contributed by atoms with E-state index in [2.05, 4.69) is 9.88 Å². The van der Waals surface area contributed by atoms with Crippen LogP contribution in [0.1, 0.15) is 10.5 Å². The van der Waals surface area contributed by atoms with E-state index < -0.39 is 0 Å². The molecule has 1 amide bonds. The van der Waals surface area contributed by atoms with Gasteiger partial charge in [-0.2, -0.15) is 0 Å². The fourth-order valence-corrected chi connectivity index (χ4v) is 2.20. The Kier molecular flexibility index (Phi) is 2.95. The highest BCUT2D eigenvalue weighted by Gasteiger charge is 2.33. The molecule has 2 rings (SSSR count).